The minimum absolute atomic E-state index is 0. The second-order valence-electron chi connectivity index (χ2n) is 31.6. The van der Waals surface area contributed by atoms with Crippen molar-refractivity contribution in [1.29, 1.82) is 0 Å². The van der Waals surface area contributed by atoms with Crippen molar-refractivity contribution in [3.63, 3.8) is 0 Å². The molecule has 0 bridgehead atoms. The van der Waals surface area contributed by atoms with Crippen LogP contribution in [0, 0.1) is 6.07 Å². The minimum Gasteiger partial charge on any atom is -0.507 e. The van der Waals surface area contributed by atoms with Crippen LogP contribution in [0.1, 0.15) is 169 Å². The molecule has 0 unspecified atom stereocenters. The third-order valence-electron chi connectivity index (χ3n) is 17.9. The van der Waals surface area contributed by atoms with E-state index in [9.17, 15) is 10.2 Å². The fourth-order valence-electron chi connectivity index (χ4n) is 11.6. The van der Waals surface area contributed by atoms with Gasteiger partial charge in [-0.25, -0.2) is 9.97 Å². The topological polar surface area (TPSA) is 91.0 Å². The predicted molar refractivity (Wildman–Crippen MR) is 414 cm³/mol. The zero-order chi connectivity index (χ0) is 68.9. The number of hydrogen-bond acceptors (Lipinski definition) is 8. The van der Waals surface area contributed by atoms with E-state index in [0.717, 1.165) is 91.9 Å². The number of aromatic nitrogens is 2. The van der Waals surface area contributed by atoms with Crippen LogP contribution < -0.4 is 0 Å². The first-order valence-corrected chi connectivity index (χ1v) is 35.0. The standard InChI is InChI=1S/C44H46N2OS.C44H45N2OS.Pt/c2*1-42(2,3)32-20-18-29(19-21-32)28-14-16-30(17-15-28)36-25-34(44(7,8)9)26-39-40(36)46-41(48-39)35-12-10-11-13-37(35)45-27-31-24-33(43(4,5)6)22-23-38(31)47;/h10-27,47H,1-9H3;10-16,18-27,47H,1-9H3;/q;-1;. The van der Waals surface area contributed by atoms with Crippen molar-refractivity contribution in [2.75, 3.05) is 0 Å². The monoisotopic (exact) mass is 1490 g/mol. The van der Waals surface area contributed by atoms with Crippen molar-refractivity contribution in [2.45, 2.75) is 157 Å². The number of phenolic OH excluding ortho intramolecular Hbond substituents is 2. The van der Waals surface area contributed by atoms with Crippen molar-refractivity contribution >= 4 is 66.9 Å². The van der Waals surface area contributed by atoms with E-state index in [-0.39, 0.29) is 65.1 Å². The molecule has 0 saturated carbocycles. The van der Waals surface area contributed by atoms with E-state index in [1.165, 1.54) is 38.9 Å². The van der Waals surface area contributed by atoms with E-state index in [4.69, 9.17) is 20.0 Å². The molecule has 0 amide bonds. The molecule has 0 aliphatic heterocycles. The summed E-state index contributed by atoms with van der Waals surface area (Å²) in [6.45, 7) is 40.0. The van der Waals surface area contributed by atoms with Crippen molar-refractivity contribution in [1.82, 2.24) is 9.97 Å². The number of hydrogen-bond donors (Lipinski definition) is 2. The Bertz CT molecular complexity index is 4550. The molecule has 0 saturated heterocycles. The van der Waals surface area contributed by atoms with Crippen LogP contribution in [0.3, 0.4) is 0 Å². The molecular formula is C88H91N4O2PtS2-. The summed E-state index contributed by atoms with van der Waals surface area (Å²) in [5.74, 6) is 0.435. The maximum absolute atomic E-state index is 10.6. The summed E-state index contributed by atoms with van der Waals surface area (Å²) in [6, 6.07) is 73.6. The zero-order valence-electron chi connectivity index (χ0n) is 59.5. The molecule has 12 rings (SSSR count). The van der Waals surface area contributed by atoms with Gasteiger partial charge in [-0.15, -0.1) is 52.5 Å². The van der Waals surface area contributed by atoms with Gasteiger partial charge in [-0.05, 0) is 149 Å². The zero-order valence-corrected chi connectivity index (χ0v) is 63.4. The number of aromatic hydroxyl groups is 2. The van der Waals surface area contributed by atoms with Gasteiger partial charge in [0.1, 0.15) is 21.5 Å². The van der Waals surface area contributed by atoms with Gasteiger partial charge in [0.2, 0.25) is 0 Å². The molecule has 0 fully saturated rings. The molecule has 2 heterocycles. The molecule has 0 radical (unpaired) electrons. The summed E-state index contributed by atoms with van der Waals surface area (Å²) in [5, 5.41) is 23.1. The normalized spacial score (nSPS) is 12.6. The Morgan fingerprint density at radius 3 is 1.07 bits per heavy atom. The molecule has 9 heteroatoms. The van der Waals surface area contributed by atoms with Crippen LogP contribution in [0.4, 0.5) is 11.4 Å². The molecular weight excluding hydrogens is 1400 g/mol. The van der Waals surface area contributed by atoms with Gasteiger partial charge in [0.15, 0.2) is 0 Å². The number of phenols is 2. The molecule has 97 heavy (non-hydrogen) atoms. The third kappa shape index (κ3) is 16.4. The fourth-order valence-corrected chi connectivity index (χ4v) is 13.7. The van der Waals surface area contributed by atoms with Crippen LogP contribution in [0.15, 0.2) is 210 Å². The summed E-state index contributed by atoms with van der Waals surface area (Å²) < 4.78 is 2.29. The Morgan fingerprint density at radius 2 is 0.680 bits per heavy atom. The molecule has 12 aromatic rings. The maximum Gasteiger partial charge on any atom is 0.126 e. The Labute approximate surface area is 598 Å². The van der Waals surface area contributed by atoms with E-state index in [1.807, 2.05) is 60.7 Å². The number of aliphatic imine (C=N–C) groups is 2. The van der Waals surface area contributed by atoms with Crippen molar-refractivity contribution < 1.29 is 31.3 Å². The summed E-state index contributed by atoms with van der Waals surface area (Å²) in [5.41, 5.74) is 23.7. The average molecular weight is 1500 g/mol. The van der Waals surface area contributed by atoms with Crippen LogP contribution in [-0.4, -0.2) is 32.6 Å². The second-order valence-corrected chi connectivity index (χ2v) is 33.7. The Balaban J connectivity index is 0.000000208. The number of thiazole rings is 2. The Hall–Kier alpha value is -8.39. The summed E-state index contributed by atoms with van der Waals surface area (Å²) >= 11 is 3.39. The van der Waals surface area contributed by atoms with Gasteiger partial charge in [-0.2, -0.15) is 0 Å². The van der Waals surface area contributed by atoms with Gasteiger partial charge in [0.25, 0.3) is 0 Å². The van der Waals surface area contributed by atoms with Gasteiger partial charge in [0.05, 0.1) is 21.6 Å². The Kier molecular flexibility index (Phi) is 20.5. The molecule has 2 aromatic heterocycles. The first kappa shape index (κ1) is 71.4. The number of fused-ring (bicyclic) bond motifs is 2. The van der Waals surface area contributed by atoms with Crippen LogP contribution in [0.2, 0.25) is 0 Å². The summed E-state index contributed by atoms with van der Waals surface area (Å²) in [7, 11) is 0. The number of nitrogens with zero attached hydrogens (tertiary/aromatic N) is 4. The molecule has 0 aliphatic carbocycles. The quantitative estimate of drug-likeness (QED) is 0.105. The largest absolute Gasteiger partial charge is 0.507 e. The molecule has 6 nitrogen and oxygen atoms in total. The Morgan fingerprint density at radius 1 is 0.340 bits per heavy atom. The van der Waals surface area contributed by atoms with Gasteiger partial charge in [-0.1, -0.05) is 257 Å². The fraction of sp³-hybridized carbons (Fsp3) is 0.273. The third-order valence-corrected chi connectivity index (χ3v) is 20.0. The van der Waals surface area contributed by atoms with Gasteiger partial charge >= 0.3 is 0 Å². The molecule has 0 atom stereocenters. The van der Waals surface area contributed by atoms with E-state index >= 15 is 0 Å². The van der Waals surface area contributed by atoms with Crippen LogP contribution >= 0.6 is 22.7 Å². The van der Waals surface area contributed by atoms with Crippen LogP contribution in [0.5, 0.6) is 11.5 Å². The van der Waals surface area contributed by atoms with Gasteiger partial charge < -0.3 is 10.2 Å². The van der Waals surface area contributed by atoms with E-state index in [2.05, 4.69) is 258 Å². The van der Waals surface area contributed by atoms with Crippen molar-refractivity contribution in [3.8, 4) is 77.1 Å². The van der Waals surface area contributed by atoms with Gasteiger partial charge in [-0.3, -0.25) is 9.98 Å². The average Bonchev–Trinajstić information content (AvgIpc) is 1.64. The van der Waals surface area contributed by atoms with Crippen molar-refractivity contribution in [2.24, 2.45) is 9.98 Å². The predicted octanol–water partition coefficient (Wildman–Crippen LogP) is 25.1. The van der Waals surface area contributed by atoms with Crippen LogP contribution in [-0.2, 0) is 53.6 Å². The number of para-hydroxylation sites is 2. The first-order valence-electron chi connectivity index (χ1n) is 33.3. The summed E-state index contributed by atoms with van der Waals surface area (Å²) in [4.78, 5) is 20.3. The molecule has 2 N–H and O–H groups in total. The summed E-state index contributed by atoms with van der Waals surface area (Å²) in [6.07, 6.45) is 3.52. The number of rotatable bonds is 10. The molecule has 498 valence electrons. The van der Waals surface area contributed by atoms with Crippen LogP contribution in [0.25, 0.3) is 86.1 Å². The first-order chi connectivity index (χ1) is 45.1. The van der Waals surface area contributed by atoms with E-state index in [0.29, 0.717) is 11.1 Å². The SMILES string of the molecule is CC(C)(C)c1ccc(-c2c[c-]c(-c3cc(C(C)(C)C)cc4sc(-c5ccccc5N=Cc5cc(C(C)(C)C)ccc5O)nc34)cc2)cc1.CC(C)(C)c1ccc(-c2ccc(-c3cc(C(C)(C)C)cc4sc(-c5ccccc5N=Cc5cc(C(C)(C)C)ccc5O)nc34)cc2)cc1.[Pt]. The number of benzene rings is 10. The molecule has 0 spiro atoms. The minimum atomic E-state index is -0.0341. The molecule has 10 aromatic carbocycles. The smallest absolute Gasteiger partial charge is 0.126 e. The molecule has 0 aliphatic rings. The second kappa shape index (κ2) is 27.9. The van der Waals surface area contributed by atoms with Gasteiger partial charge in [0, 0.05) is 71.5 Å². The van der Waals surface area contributed by atoms with E-state index in [1.54, 1.807) is 47.2 Å². The van der Waals surface area contributed by atoms with Crippen molar-refractivity contribution in [3.05, 3.63) is 251 Å². The van der Waals surface area contributed by atoms with E-state index < -0.39 is 0 Å². The maximum atomic E-state index is 10.6.